The van der Waals surface area contributed by atoms with Gasteiger partial charge in [0.25, 0.3) is 0 Å². The van der Waals surface area contributed by atoms with Crippen molar-refractivity contribution in [2.24, 2.45) is 0 Å². The molecule has 0 heterocycles. The van der Waals surface area contributed by atoms with Gasteiger partial charge in [0.05, 0.1) is 12.7 Å². The third kappa shape index (κ3) is 3.27. The summed E-state index contributed by atoms with van der Waals surface area (Å²) in [4.78, 5) is 22.2. The fourth-order valence-corrected chi connectivity index (χ4v) is 1.35. The summed E-state index contributed by atoms with van der Waals surface area (Å²) in [5.74, 6) is -1.89. The van der Waals surface area contributed by atoms with Crippen LogP contribution in [-0.4, -0.2) is 18.9 Å². The number of hydrogen-bond donors (Lipinski definition) is 0. The van der Waals surface area contributed by atoms with Crippen LogP contribution in [0.5, 0.6) is 0 Å². The van der Waals surface area contributed by atoms with E-state index in [1.165, 1.54) is 25.3 Å². The van der Waals surface area contributed by atoms with Gasteiger partial charge in [-0.2, -0.15) is 0 Å². The summed E-state index contributed by atoms with van der Waals surface area (Å²) in [6, 6.07) is 4.00. The molecule has 0 aromatic heterocycles. The number of carbonyl (C=O) groups excluding carboxylic acids is 2. The lowest BCUT2D eigenvalue weighted by molar-refractivity contribution is -0.134. The van der Waals surface area contributed by atoms with Crippen molar-refractivity contribution < 1.29 is 18.7 Å². The smallest absolute Gasteiger partial charge is 0.330 e. The van der Waals surface area contributed by atoms with Gasteiger partial charge >= 0.3 is 5.97 Å². The van der Waals surface area contributed by atoms with Gasteiger partial charge in [0.15, 0.2) is 5.78 Å². The van der Waals surface area contributed by atoms with Gasteiger partial charge in [-0.25, -0.2) is 9.18 Å². The normalized spacial score (nSPS) is 10.4. The molecule has 5 heteroatoms. The fourth-order valence-electron chi connectivity index (χ4n) is 0.988. The van der Waals surface area contributed by atoms with Gasteiger partial charge < -0.3 is 4.74 Å². The van der Waals surface area contributed by atoms with E-state index >= 15 is 0 Å². The Labute approximate surface area is 100 Å². The molecule has 0 spiro atoms. The van der Waals surface area contributed by atoms with Crippen LogP contribution in [0.3, 0.4) is 0 Å². The number of hydrogen-bond acceptors (Lipinski definition) is 3. The zero-order chi connectivity index (χ0) is 12.1. The Morgan fingerprint density at radius 1 is 1.38 bits per heavy atom. The first-order valence-corrected chi connectivity index (χ1v) is 5.09. The minimum Gasteiger partial charge on any atom is -0.466 e. The third-order valence-electron chi connectivity index (χ3n) is 1.77. The lowest BCUT2D eigenvalue weighted by Gasteiger charge is -1.99. The number of methoxy groups -OCH3 is 1. The van der Waals surface area contributed by atoms with E-state index in [0.717, 1.165) is 12.2 Å². The highest BCUT2D eigenvalue weighted by Gasteiger charge is 2.09. The topological polar surface area (TPSA) is 43.4 Å². The van der Waals surface area contributed by atoms with Crippen molar-refractivity contribution in [1.29, 1.82) is 0 Å². The minimum absolute atomic E-state index is 0.102. The Morgan fingerprint density at radius 2 is 2.06 bits per heavy atom. The molecule has 0 saturated heterocycles. The fraction of sp³-hybridized carbons (Fsp3) is 0.0909. The van der Waals surface area contributed by atoms with Gasteiger partial charge in [-0.15, -0.1) is 0 Å². The van der Waals surface area contributed by atoms with Gasteiger partial charge in [0.2, 0.25) is 0 Å². The van der Waals surface area contributed by atoms with Crippen molar-refractivity contribution in [3.8, 4) is 0 Å². The van der Waals surface area contributed by atoms with E-state index in [1.807, 2.05) is 0 Å². The van der Waals surface area contributed by atoms with Crippen LogP contribution in [0.1, 0.15) is 10.4 Å². The summed E-state index contributed by atoms with van der Waals surface area (Å²) >= 11 is 3.12. The monoisotopic (exact) mass is 286 g/mol. The van der Waals surface area contributed by atoms with Crippen LogP contribution in [0.4, 0.5) is 4.39 Å². The largest absolute Gasteiger partial charge is 0.466 e. The number of benzene rings is 1. The number of halogens is 2. The Morgan fingerprint density at radius 3 is 2.69 bits per heavy atom. The molecule has 0 aliphatic carbocycles. The molecule has 0 amide bonds. The lowest BCUT2D eigenvalue weighted by atomic mass is 10.1. The standard InChI is InChI=1S/C11H8BrFO3/c1-16-11(15)5-4-10(14)8-6-7(12)2-3-9(8)13/h2-6H,1H3/b5-4+. The first-order valence-electron chi connectivity index (χ1n) is 4.30. The number of esters is 1. The van der Waals surface area contributed by atoms with Crippen molar-refractivity contribution in [2.45, 2.75) is 0 Å². The van der Waals surface area contributed by atoms with Crippen molar-refractivity contribution in [3.05, 3.63) is 46.2 Å². The van der Waals surface area contributed by atoms with Crippen molar-refractivity contribution >= 4 is 27.7 Å². The van der Waals surface area contributed by atoms with E-state index in [2.05, 4.69) is 20.7 Å². The van der Waals surface area contributed by atoms with E-state index in [-0.39, 0.29) is 5.56 Å². The molecule has 1 rings (SSSR count). The molecule has 0 saturated carbocycles. The van der Waals surface area contributed by atoms with Crippen molar-refractivity contribution in [3.63, 3.8) is 0 Å². The number of allylic oxidation sites excluding steroid dienone is 1. The Balaban J connectivity index is 2.92. The second kappa shape index (κ2) is 5.55. The Bertz CT molecular complexity index is 455. The molecule has 0 radical (unpaired) electrons. The summed E-state index contributed by atoms with van der Waals surface area (Å²) in [6.07, 6.45) is 1.92. The highest BCUT2D eigenvalue weighted by Crippen LogP contribution is 2.16. The molecule has 1 aromatic carbocycles. The highest BCUT2D eigenvalue weighted by molar-refractivity contribution is 9.10. The first kappa shape index (κ1) is 12.6. The predicted molar refractivity (Wildman–Crippen MR) is 59.6 cm³/mol. The molecule has 0 N–H and O–H groups in total. The van der Waals surface area contributed by atoms with Crippen LogP contribution in [0, 0.1) is 5.82 Å². The van der Waals surface area contributed by atoms with Crippen LogP contribution >= 0.6 is 15.9 Å². The zero-order valence-electron chi connectivity index (χ0n) is 8.37. The van der Waals surface area contributed by atoms with E-state index in [9.17, 15) is 14.0 Å². The average molecular weight is 287 g/mol. The second-order valence-electron chi connectivity index (χ2n) is 2.84. The second-order valence-corrected chi connectivity index (χ2v) is 3.76. The van der Waals surface area contributed by atoms with E-state index in [4.69, 9.17) is 0 Å². The maximum Gasteiger partial charge on any atom is 0.330 e. The third-order valence-corrected chi connectivity index (χ3v) is 2.26. The summed E-state index contributed by atoms with van der Waals surface area (Å²) in [7, 11) is 1.19. The maximum atomic E-state index is 13.2. The van der Waals surface area contributed by atoms with Crippen LogP contribution in [0.25, 0.3) is 0 Å². The van der Waals surface area contributed by atoms with Crippen LogP contribution in [-0.2, 0) is 9.53 Å². The SMILES string of the molecule is COC(=O)/C=C/C(=O)c1cc(Br)ccc1F. The molecule has 0 aliphatic rings. The summed E-state index contributed by atoms with van der Waals surface area (Å²) in [5, 5.41) is 0. The van der Waals surface area contributed by atoms with Crippen LogP contribution < -0.4 is 0 Å². The molecular weight excluding hydrogens is 279 g/mol. The lowest BCUT2D eigenvalue weighted by Crippen LogP contribution is -2.01. The molecule has 84 valence electrons. The molecule has 0 aliphatic heterocycles. The Kier molecular flexibility index (Phi) is 4.37. The molecule has 1 aromatic rings. The van der Waals surface area contributed by atoms with E-state index in [1.54, 1.807) is 0 Å². The average Bonchev–Trinajstić information content (AvgIpc) is 2.28. The quantitative estimate of drug-likeness (QED) is 0.487. The molecular formula is C11H8BrFO3. The number of rotatable bonds is 3. The molecule has 3 nitrogen and oxygen atoms in total. The van der Waals surface area contributed by atoms with E-state index in [0.29, 0.717) is 4.47 Å². The number of ketones is 1. The number of carbonyl (C=O) groups is 2. The minimum atomic E-state index is -0.663. The zero-order valence-corrected chi connectivity index (χ0v) is 9.95. The summed E-state index contributed by atoms with van der Waals surface area (Å²) in [5.41, 5.74) is -0.102. The van der Waals surface area contributed by atoms with Gasteiger partial charge in [0.1, 0.15) is 5.82 Å². The van der Waals surface area contributed by atoms with Crippen molar-refractivity contribution in [2.75, 3.05) is 7.11 Å². The van der Waals surface area contributed by atoms with Gasteiger partial charge in [0, 0.05) is 10.5 Å². The summed E-state index contributed by atoms with van der Waals surface area (Å²) in [6.45, 7) is 0. The summed E-state index contributed by atoms with van der Waals surface area (Å²) < 4.78 is 18.1. The van der Waals surface area contributed by atoms with Crippen molar-refractivity contribution in [1.82, 2.24) is 0 Å². The Hall–Kier alpha value is -1.49. The molecule has 0 fully saturated rings. The maximum absolute atomic E-state index is 13.2. The molecule has 0 unspecified atom stereocenters. The van der Waals surface area contributed by atoms with E-state index < -0.39 is 17.6 Å². The van der Waals surface area contributed by atoms with Crippen LogP contribution in [0.15, 0.2) is 34.8 Å². The van der Waals surface area contributed by atoms with Crippen LogP contribution in [0.2, 0.25) is 0 Å². The molecule has 0 bridgehead atoms. The van der Waals surface area contributed by atoms with Gasteiger partial charge in [-0.05, 0) is 24.3 Å². The molecule has 16 heavy (non-hydrogen) atoms. The first-order chi connectivity index (χ1) is 7.54. The predicted octanol–water partition coefficient (Wildman–Crippen LogP) is 2.50. The van der Waals surface area contributed by atoms with Gasteiger partial charge in [-0.3, -0.25) is 4.79 Å². The van der Waals surface area contributed by atoms with Gasteiger partial charge in [-0.1, -0.05) is 15.9 Å². The number of ether oxygens (including phenoxy) is 1. The highest BCUT2D eigenvalue weighted by atomic mass is 79.9. The molecule has 0 atom stereocenters.